The van der Waals surface area contributed by atoms with E-state index in [0.29, 0.717) is 29.1 Å². The number of oxazole rings is 1. The Labute approximate surface area is 286 Å². The number of nitrogens with zero attached hydrogens (tertiary/aromatic N) is 5. The molecule has 0 spiro atoms. The first-order valence-corrected chi connectivity index (χ1v) is 16.9. The zero-order chi connectivity index (χ0) is 34.1. The molecule has 248 valence electrons. The van der Waals surface area contributed by atoms with E-state index in [1.165, 1.54) is 12.0 Å². The number of rotatable bonds is 10. The summed E-state index contributed by atoms with van der Waals surface area (Å²) < 4.78 is 6.25. The first-order valence-electron chi connectivity index (χ1n) is 16.9. The van der Waals surface area contributed by atoms with Crippen LogP contribution in [0.3, 0.4) is 0 Å². The lowest BCUT2D eigenvalue weighted by atomic mass is 9.93. The largest absolute Gasteiger partial charge is 0.435 e. The van der Waals surface area contributed by atoms with Crippen molar-refractivity contribution in [2.75, 3.05) is 25.0 Å². The number of aliphatic hydroxyl groups excluding tert-OH is 1. The Balaban J connectivity index is 1.18. The maximum absolute atomic E-state index is 9.89. The number of likely N-dealkylation sites (tertiary alicyclic amines) is 1. The Morgan fingerprint density at radius 3 is 2.59 bits per heavy atom. The van der Waals surface area contributed by atoms with Crippen molar-refractivity contribution in [2.24, 2.45) is 5.92 Å². The Kier molecular flexibility index (Phi) is 9.11. The molecule has 0 saturated carbocycles. The van der Waals surface area contributed by atoms with Gasteiger partial charge in [0.1, 0.15) is 17.1 Å². The molecule has 1 aliphatic heterocycles. The average molecular weight is 652 g/mol. The Morgan fingerprint density at radius 1 is 1.02 bits per heavy atom. The van der Waals surface area contributed by atoms with Crippen LogP contribution in [0.2, 0.25) is 0 Å². The quantitative estimate of drug-likeness (QED) is 0.137. The minimum absolute atomic E-state index is 0.0338. The Morgan fingerprint density at radius 2 is 1.82 bits per heavy atom. The Hall–Kier alpha value is -5.14. The van der Waals surface area contributed by atoms with Crippen molar-refractivity contribution in [1.82, 2.24) is 25.2 Å². The van der Waals surface area contributed by atoms with Crippen LogP contribution in [0.5, 0.6) is 0 Å². The molecule has 3 N–H and O–H groups in total. The fraction of sp³-hybridized carbons (Fsp3) is 0.300. The molecule has 49 heavy (non-hydrogen) atoms. The molecule has 1 saturated heterocycles. The van der Waals surface area contributed by atoms with Gasteiger partial charge in [-0.05, 0) is 109 Å². The van der Waals surface area contributed by atoms with E-state index in [1.807, 2.05) is 49.6 Å². The van der Waals surface area contributed by atoms with Gasteiger partial charge in [0.2, 0.25) is 5.89 Å². The van der Waals surface area contributed by atoms with E-state index in [-0.39, 0.29) is 12.6 Å². The normalized spacial score (nSPS) is 15.6. The number of fused-ring (bicyclic) bond motifs is 2. The summed E-state index contributed by atoms with van der Waals surface area (Å²) in [5, 5.41) is 27.2. The van der Waals surface area contributed by atoms with Crippen LogP contribution in [0.4, 0.5) is 11.5 Å². The third-order valence-electron chi connectivity index (χ3n) is 9.61. The molecule has 3 aromatic carbocycles. The highest BCUT2D eigenvalue weighted by Crippen LogP contribution is 2.37. The maximum atomic E-state index is 9.89. The number of anilines is 2. The summed E-state index contributed by atoms with van der Waals surface area (Å²) in [4.78, 5) is 16.9. The summed E-state index contributed by atoms with van der Waals surface area (Å²) in [5.74, 6) is 1.95. The van der Waals surface area contributed by atoms with Crippen LogP contribution < -0.4 is 10.6 Å². The first kappa shape index (κ1) is 32.4. The van der Waals surface area contributed by atoms with Gasteiger partial charge >= 0.3 is 0 Å². The highest BCUT2D eigenvalue weighted by atomic mass is 16.3. The predicted molar refractivity (Wildman–Crippen MR) is 194 cm³/mol. The van der Waals surface area contributed by atoms with Crippen LogP contribution >= 0.6 is 0 Å². The van der Waals surface area contributed by atoms with Gasteiger partial charge < -0.3 is 20.2 Å². The van der Waals surface area contributed by atoms with Gasteiger partial charge in [0, 0.05) is 54.7 Å². The van der Waals surface area contributed by atoms with Crippen LogP contribution in [0, 0.1) is 31.1 Å². The molecule has 1 fully saturated rings. The standard InChI is InChI=1S/C40H41N7O2/c1-24-12-14-47(21-24)22-29-16-30-11-13-42-39(37(30)44-20-29)45-35-10-6-8-33(27(35)4)32-7-5-9-34(26(32)3)40-46-36-17-28(19-43-25(2)23-48)15-31(18-41)38(36)49-40/h5-11,13,15-17,20,24-25,43,48H,12,14,19,21-23H2,1-4H3,(H,42,45). The summed E-state index contributed by atoms with van der Waals surface area (Å²) >= 11 is 0. The van der Waals surface area contributed by atoms with Crippen molar-refractivity contribution in [3.8, 4) is 28.7 Å². The van der Waals surface area contributed by atoms with Gasteiger partial charge in [0.05, 0.1) is 12.2 Å². The molecule has 7 rings (SSSR count). The SMILES string of the molecule is Cc1c(Nc2nccc3cc(CN4CCC(C)C4)cnc23)cccc1-c1cccc(-c2nc3cc(CNC(C)CO)cc(C#N)c3o2)c1C. The molecule has 2 atom stereocenters. The van der Waals surface area contributed by atoms with Gasteiger partial charge in [0.25, 0.3) is 0 Å². The molecule has 0 aliphatic carbocycles. The maximum Gasteiger partial charge on any atom is 0.227 e. The molecule has 0 bridgehead atoms. The van der Waals surface area contributed by atoms with Crippen LogP contribution in [0.25, 0.3) is 44.6 Å². The van der Waals surface area contributed by atoms with Crippen molar-refractivity contribution in [3.63, 3.8) is 0 Å². The van der Waals surface area contributed by atoms with Crippen molar-refractivity contribution in [1.29, 1.82) is 5.26 Å². The van der Waals surface area contributed by atoms with Gasteiger partial charge in [-0.1, -0.05) is 31.2 Å². The fourth-order valence-corrected chi connectivity index (χ4v) is 6.81. The number of benzene rings is 3. The van der Waals surface area contributed by atoms with Gasteiger partial charge in [-0.25, -0.2) is 9.97 Å². The van der Waals surface area contributed by atoms with Crippen LogP contribution in [-0.4, -0.2) is 50.7 Å². The lowest BCUT2D eigenvalue weighted by molar-refractivity contribution is 0.251. The van der Waals surface area contributed by atoms with Gasteiger partial charge in [-0.2, -0.15) is 5.26 Å². The molecule has 2 unspecified atom stereocenters. The number of aromatic nitrogens is 3. The van der Waals surface area contributed by atoms with Crippen molar-refractivity contribution >= 4 is 33.5 Å². The number of nitriles is 1. The second kappa shape index (κ2) is 13.8. The molecule has 9 nitrogen and oxygen atoms in total. The van der Waals surface area contributed by atoms with E-state index < -0.39 is 0 Å². The zero-order valence-corrected chi connectivity index (χ0v) is 28.4. The monoisotopic (exact) mass is 651 g/mol. The van der Waals surface area contributed by atoms with Gasteiger partial charge in [0.15, 0.2) is 11.4 Å². The first-order chi connectivity index (χ1) is 23.8. The van der Waals surface area contributed by atoms with Crippen LogP contribution in [0.1, 0.15) is 48.1 Å². The van der Waals surface area contributed by atoms with E-state index >= 15 is 0 Å². The van der Waals surface area contributed by atoms with E-state index in [1.54, 1.807) is 0 Å². The van der Waals surface area contributed by atoms with Crippen molar-refractivity contribution in [3.05, 3.63) is 101 Å². The second-order valence-electron chi connectivity index (χ2n) is 13.4. The molecule has 0 radical (unpaired) electrons. The molecular weight excluding hydrogens is 610 g/mol. The predicted octanol–water partition coefficient (Wildman–Crippen LogP) is 7.65. The highest BCUT2D eigenvalue weighted by molar-refractivity contribution is 5.91. The van der Waals surface area contributed by atoms with Gasteiger partial charge in [-0.15, -0.1) is 0 Å². The minimum Gasteiger partial charge on any atom is -0.435 e. The number of aliphatic hydroxyl groups is 1. The molecule has 4 heterocycles. The topological polar surface area (TPSA) is 123 Å². The zero-order valence-electron chi connectivity index (χ0n) is 28.4. The summed E-state index contributed by atoms with van der Waals surface area (Å²) in [5.41, 5.74) is 10.6. The lowest BCUT2D eigenvalue weighted by Crippen LogP contribution is -2.28. The second-order valence-corrected chi connectivity index (χ2v) is 13.4. The Bertz CT molecular complexity index is 2200. The number of hydrogen-bond donors (Lipinski definition) is 3. The lowest BCUT2D eigenvalue weighted by Gasteiger charge is -2.17. The van der Waals surface area contributed by atoms with Crippen LogP contribution in [0.15, 0.2) is 77.5 Å². The van der Waals surface area contributed by atoms with E-state index in [4.69, 9.17) is 14.4 Å². The van der Waals surface area contributed by atoms with Crippen molar-refractivity contribution < 1.29 is 9.52 Å². The molecular formula is C40H41N7O2. The summed E-state index contributed by atoms with van der Waals surface area (Å²) in [6.45, 7) is 12.2. The number of nitrogens with one attached hydrogen (secondary N) is 2. The number of hydrogen-bond acceptors (Lipinski definition) is 9. The highest BCUT2D eigenvalue weighted by Gasteiger charge is 2.20. The number of pyridine rings is 2. The third kappa shape index (κ3) is 6.63. The van der Waals surface area contributed by atoms with E-state index in [2.05, 4.69) is 77.7 Å². The fourth-order valence-electron chi connectivity index (χ4n) is 6.81. The summed E-state index contributed by atoms with van der Waals surface area (Å²) in [7, 11) is 0. The summed E-state index contributed by atoms with van der Waals surface area (Å²) in [6.07, 6.45) is 5.08. The van der Waals surface area contributed by atoms with Crippen LogP contribution in [-0.2, 0) is 13.1 Å². The summed E-state index contributed by atoms with van der Waals surface area (Å²) in [6, 6.07) is 22.6. The molecule has 9 heteroatoms. The minimum atomic E-state index is -0.0570. The smallest absolute Gasteiger partial charge is 0.227 e. The van der Waals surface area contributed by atoms with E-state index in [0.717, 1.165) is 81.3 Å². The molecule has 6 aromatic rings. The molecule has 1 aliphatic rings. The van der Waals surface area contributed by atoms with Gasteiger partial charge in [-0.3, -0.25) is 9.88 Å². The third-order valence-corrected chi connectivity index (χ3v) is 9.61. The van der Waals surface area contributed by atoms with Crippen molar-refractivity contribution in [2.45, 2.75) is 53.2 Å². The average Bonchev–Trinajstić information content (AvgIpc) is 3.73. The molecule has 0 amide bonds. The molecule has 3 aromatic heterocycles. The van der Waals surface area contributed by atoms with E-state index in [9.17, 15) is 10.4 Å².